The molecule has 112 valence electrons. The minimum atomic E-state index is -0.000437. The van der Waals surface area contributed by atoms with Gasteiger partial charge in [-0.15, -0.1) is 11.3 Å². The first-order chi connectivity index (χ1) is 10.2. The Morgan fingerprint density at radius 1 is 1.57 bits per heavy atom. The summed E-state index contributed by atoms with van der Waals surface area (Å²) in [7, 11) is 0. The second-order valence-corrected chi connectivity index (χ2v) is 6.32. The van der Waals surface area contributed by atoms with Crippen molar-refractivity contribution in [3.63, 3.8) is 0 Å². The summed E-state index contributed by atoms with van der Waals surface area (Å²) in [6.45, 7) is 3.88. The SMILES string of the molecule is Cc1cnn(C2CCCN(C(=O)c3csc(CN)n3)C2)c1. The maximum Gasteiger partial charge on any atom is 0.273 e. The second kappa shape index (κ2) is 5.95. The van der Waals surface area contributed by atoms with Crippen LogP contribution in [0.15, 0.2) is 17.8 Å². The van der Waals surface area contributed by atoms with E-state index in [4.69, 9.17) is 5.73 Å². The Kier molecular flexibility index (Phi) is 4.03. The maximum absolute atomic E-state index is 12.5. The Balaban J connectivity index is 1.72. The highest BCUT2D eigenvalue weighted by atomic mass is 32.1. The predicted molar refractivity (Wildman–Crippen MR) is 81.1 cm³/mol. The molecule has 0 saturated carbocycles. The fourth-order valence-electron chi connectivity index (χ4n) is 2.65. The summed E-state index contributed by atoms with van der Waals surface area (Å²) < 4.78 is 1.97. The largest absolute Gasteiger partial charge is 0.335 e. The van der Waals surface area contributed by atoms with Gasteiger partial charge in [0.1, 0.15) is 10.7 Å². The standard InChI is InChI=1S/C14H19N5OS/c1-10-6-16-19(7-10)11-3-2-4-18(8-11)14(20)12-9-21-13(5-15)17-12/h6-7,9,11H,2-5,8,15H2,1H3. The van der Waals surface area contributed by atoms with Crippen molar-refractivity contribution < 1.29 is 4.79 Å². The molecule has 6 nitrogen and oxygen atoms in total. The quantitative estimate of drug-likeness (QED) is 0.934. The molecule has 3 heterocycles. The first-order valence-corrected chi connectivity index (χ1v) is 8.00. The van der Waals surface area contributed by atoms with Gasteiger partial charge in [0.05, 0.1) is 12.2 Å². The molecule has 0 spiro atoms. The van der Waals surface area contributed by atoms with Crippen LogP contribution in [-0.4, -0.2) is 38.7 Å². The van der Waals surface area contributed by atoms with Crippen LogP contribution < -0.4 is 5.73 Å². The van der Waals surface area contributed by atoms with E-state index in [1.165, 1.54) is 11.3 Å². The Morgan fingerprint density at radius 3 is 3.10 bits per heavy atom. The Morgan fingerprint density at radius 2 is 2.43 bits per heavy atom. The van der Waals surface area contributed by atoms with Crippen LogP contribution in [0.5, 0.6) is 0 Å². The van der Waals surface area contributed by atoms with Gasteiger partial charge >= 0.3 is 0 Å². The number of hydrogen-bond donors (Lipinski definition) is 1. The van der Waals surface area contributed by atoms with Gasteiger partial charge in [0.2, 0.25) is 0 Å². The number of aromatic nitrogens is 3. The number of likely N-dealkylation sites (tertiary alicyclic amines) is 1. The van der Waals surface area contributed by atoms with Crippen molar-refractivity contribution in [2.24, 2.45) is 5.73 Å². The van der Waals surface area contributed by atoms with E-state index in [9.17, 15) is 4.79 Å². The van der Waals surface area contributed by atoms with Crippen LogP contribution in [0.4, 0.5) is 0 Å². The summed E-state index contributed by atoms with van der Waals surface area (Å²) in [6.07, 6.45) is 5.93. The molecule has 2 N–H and O–H groups in total. The van der Waals surface area contributed by atoms with E-state index in [-0.39, 0.29) is 11.9 Å². The molecule has 3 rings (SSSR count). The van der Waals surface area contributed by atoms with Gasteiger partial charge in [-0.3, -0.25) is 9.48 Å². The van der Waals surface area contributed by atoms with Crippen molar-refractivity contribution in [2.45, 2.75) is 32.4 Å². The maximum atomic E-state index is 12.5. The van der Waals surface area contributed by atoms with Gasteiger partial charge in [-0.05, 0) is 25.3 Å². The van der Waals surface area contributed by atoms with Gasteiger partial charge in [0, 0.05) is 31.2 Å². The lowest BCUT2D eigenvalue weighted by molar-refractivity contribution is 0.0667. The van der Waals surface area contributed by atoms with E-state index in [1.807, 2.05) is 28.9 Å². The van der Waals surface area contributed by atoms with Crippen LogP contribution in [0.3, 0.4) is 0 Å². The zero-order valence-corrected chi connectivity index (χ0v) is 12.8. The highest BCUT2D eigenvalue weighted by Gasteiger charge is 2.27. The molecule has 1 aliphatic rings. The first kappa shape index (κ1) is 14.2. The van der Waals surface area contributed by atoms with Crippen LogP contribution in [0, 0.1) is 6.92 Å². The summed E-state index contributed by atoms with van der Waals surface area (Å²) in [5.74, 6) is -0.000437. The molecule has 0 bridgehead atoms. The van der Waals surface area contributed by atoms with E-state index in [2.05, 4.69) is 10.1 Å². The number of carbonyl (C=O) groups excluding carboxylic acids is 1. The Bertz CT molecular complexity index is 635. The van der Waals surface area contributed by atoms with Crippen molar-refractivity contribution in [3.8, 4) is 0 Å². The predicted octanol–water partition coefficient (Wildman–Crippen LogP) is 1.58. The van der Waals surface area contributed by atoms with Crippen molar-refractivity contribution in [1.82, 2.24) is 19.7 Å². The molecule has 21 heavy (non-hydrogen) atoms. The van der Waals surface area contributed by atoms with Crippen LogP contribution in [0.2, 0.25) is 0 Å². The number of aryl methyl sites for hydroxylation is 1. The van der Waals surface area contributed by atoms with Crippen molar-refractivity contribution in [1.29, 1.82) is 0 Å². The normalized spacial score (nSPS) is 19.0. The molecule has 2 aromatic rings. The lowest BCUT2D eigenvalue weighted by Gasteiger charge is -2.32. The molecule has 0 radical (unpaired) electrons. The van der Waals surface area contributed by atoms with E-state index < -0.39 is 0 Å². The lowest BCUT2D eigenvalue weighted by atomic mass is 10.1. The van der Waals surface area contributed by atoms with Crippen molar-refractivity contribution in [2.75, 3.05) is 13.1 Å². The third kappa shape index (κ3) is 2.98. The lowest BCUT2D eigenvalue weighted by Crippen LogP contribution is -2.41. The fraction of sp³-hybridized carbons (Fsp3) is 0.500. The number of piperidine rings is 1. The zero-order chi connectivity index (χ0) is 14.8. The molecule has 0 aliphatic carbocycles. The molecule has 1 atom stereocenters. The van der Waals surface area contributed by atoms with Gasteiger partial charge in [-0.25, -0.2) is 4.98 Å². The summed E-state index contributed by atoms with van der Waals surface area (Å²) in [5.41, 5.74) is 7.21. The number of rotatable bonds is 3. The zero-order valence-electron chi connectivity index (χ0n) is 12.0. The molecule has 7 heteroatoms. The van der Waals surface area contributed by atoms with Gasteiger partial charge in [-0.2, -0.15) is 5.10 Å². The first-order valence-electron chi connectivity index (χ1n) is 7.12. The minimum Gasteiger partial charge on any atom is -0.335 e. The van der Waals surface area contributed by atoms with Gasteiger partial charge in [0.15, 0.2) is 0 Å². The molecular weight excluding hydrogens is 286 g/mol. The number of carbonyl (C=O) groups is 1. The summed E-state index contributed by atoms with van der Waals surface area (Å²) >= 11 is 1.44. The molecule has 1 saturated heterocycles. The second-order valence-electron chi connectivity index (χ2n) is 5.38. The van der Waals surface area contributed by atoms with Gasteiger partial charge in [-0.1, -0.05) is 0 Å². The van der Waals surface area contributed by atoms with Crippen molar-refractivity contribution >= 4 is 17.2 Å². The van der Waals surface area contributed by atoms with E-state index >= 15 is 0 Å². The molecule has 0 aromatic carbocycles. The van der Waals surface area contributed by atoms with E-state index in [0.717, 1.165) is 30.0 Å². The Hall–Kier alpha value is -1.73. The van der Waals surface area contributed by atoms with Crippen LogP contribution in [-0.2, 0) is 6.54 Å². The fourth-order valence-corrected chi connectivity index (χ4v) is 3.30. The van der Waals surface area contributed by atoms with Gasteiger partial charge < -0.3 is 10.6 Å². The average Bonchev–Trinajstić information content (AvgIpc) is 3.15. The summed E-state index contributed by atoms with van der Waals surface area (Å²) in [4.78, 5) is 18.7. The number of thiazole rings is 1. The van der Waals surface area contributed by atoms with E-state index in [0.29, 0.717) is 18.8 Å². The third-order valence-corrected chi connectivity index (χ3v) is 4.61. The molecule has 1 unspecified atom stereocenters. The average molecular weight is 305 g/mol. The molecule has 1 aliphatic heterocycles. The third-order valence-electron chi connectivity index (χ3n) is 3.73. The van der Waals surface area contributed by atoms with Crippen LogP contribution in [0.25, 0.3) is 0 Å². The number of nitrogens with two attached hydrogens (primary N) is 1. The summed E-state index contributed by atoms with van der Waals surface area (Å²) in [5, 5.41) is 6.97. The smallest absolute Gasteiger partial charge is 0.273 e. The van der Waals surface area contributed by atoms with Crippen LogP contribution >= 0.6 is 11.3 Å². The highest BCUT2D eigenvalue weighted by Crippen LogP contribution is 2.23. The number of amides is 1. The molecule has 1 amide bonds. The van der Waals surface area contributed by atoms with Crippen LogP contribution in [0.1, 0.15) is 39.9 Å². The molecular formula is C14H19N5OS. The minimum absolute atomic E-state index is 0.000437. The number of nitrogens with zero attached hydrogens (tertiary/aromatic N) is 4. The highest BCUT2D eigenvalue weighted by molar-refractivity contribution is 7.09. The molecule has 1 fully saturated rings. The summed E-state index contributed by atoms with van der Waals surface area (Å²) in [6, 6.07) is 0.254. The monoisotopic (exact) mass is 305 g/mol. The Labute approximate surface area is 127 Å². The van der Waals surface area contributed by atoms with E-state index in [1.54, 1.807) is 5.38 Å². The van der Waals surface area contributed by atoms with Crippen molar-refractivity contribution in [3.05, 3.63) is 34.0 Å². The number of hydrogen-bond acceptors (Lipinski definition) is 5. The van der Waals surface area contributed by atoms with Gasteiger partial charge in [0.25, 0.3) is 5.91 Å². The topological polar surface area (TPSA) is 77.0 Å². The molecule has 2 aromatic heterocycles.